The average molecular weight is 483 g/mol. The maximum atomic E-state index is 13.3. The van der Waals surface area contributed by atoms with E-state index in [-0.39, 0.29) is 10.9 Å². The summed E-state index contributed by atoms with van der Waals surface area (Å²) in [4.78, 5) is 12.8. The number of halogens is 2. The molecule has 0 spiro atoms. The molecule has 1 unspecified atom stereocenters. The summed E-state index contributed by atoms with van der Waals surface area (Å²) >= 11 is 7.30. The van der Waals surface area contributed by atoms with Gasteiger partial charge in [-0.25, -0.2) is 4.39 Å². The Hall–Kier alpha value is -3.36. The molecule has 4 rings (SSSR count). The Morgan fingerprint density at radius 3 is 2.61 bits per heavy atom. The number of thioether (sulfide) groups is 1. The minimum atomic E-state index is -0.532. The van der Waals surface area contributed by atoms with Crippen LogP contribution in [0.4, 0.5) is 10.1 Å². The predicted octanol–water partition coefficient (Wildman–Crippen LogP) is 5.85. The lowest BCUT2D eigenvalue weighted by Gasteiger charge is -2.14. The molecular weight excluding hydrogens is 463 g/mol. The Kier molecular flexibility index (Phi) is 6.96. The fourth-order valence-electron chi connectivity index (χ4n) is 3.14. The Balaban J connectivity index is 1.64. The molecule has 3 aromatic carbocycles. The molecule has 1 heterocycles. The summed E-state index contributed by atoms with van der Waals surface area (Å²) in [6.07, 6.45) is 0. The molecule has 4 aromatic rings. The molecule has 0 aliphatic heterocycles. The van der Waals surface area contributed by atoms with Crippen LogP contribution in [0.2, 0.25) is 5.02 Å². The Bertz CT molecular complexity index is 1280. The number of ether oxygens (including phenoxy) is 1. The highest BCUT2D eigenvalue weighted by Gasteiger charge is 2.22. The van der Waals surface area contributed by atoms with Crippen molar-refractivity contribution in [2.45, 2.75) is 17.3 Å². The summed E-state index contributed by atoms with van der Waals surface area (Å²) in [6.45, 7) is 1.76. The van der Waals surface area contributed by atoms with E-state index in [1.54, 1.807) is 14.0 Å². The van der Waals surface area contributed by atoms with Crippen molar-refractivity contribution in [3.63, 3.8) is 0 Å². The summed E-state index contributed by atoms with van der Waals surface area (Å²) in [5.74, 6) is 0.561. The van der Waals surface area contributed by atoms with Crippen LogP contribution in [-0.2, 0) is 4.79 Å². The maximum Gasteiger partial charge on any atom is 0.237 e. The van der Waals surface area contributed by atoms with Crippen LogP contribution in [0, 0.1) is 5.82 Å². The highest BCUT2D eigenvalue weighted by Crippen LogP contribution is 2.32. The van der Waals surface area contributed by atoms with E-state index in [2.05, 4.69) is 15.5 Å². The second kappa shape index (κ2) is 10.1. The van der Waals surface area contributed by atoms with E-state index < -0.39 is 11.1 Å². The molecular formula is C24H20ClFN4O2S. The van der Waals surface area contributed by atoms with Gasteiger partial charge in [-0.05, 0) is 49.4 Å². The number of carbonyl (C=O) groups is 1. The molecule has 1 amide bonds. The number of nitrogens with zero attached hydrogens (tertiary/aromatic N) is 3. The zero-order chi connectivity index (χ0) is 23.4. The number of hydrogen-bond acceptors (Lipinski definition) is 5. The first-order valence-corrected chi connectivity index (χ1v) is 11.3. The third-order valence-electron chi connectivity index (χ3n) is 4.82. The molecule has 0 aliphatic rings. The van der Waals surface area contributed by atoms with Gasteiger partial charge in [0.1, 0.15) is 11.6 Å². The predicted molar refractivity (Wildman–Crippen MR) is 129 cm³/mol. The summed E-state index contributed by atoms with van der Waals surface area (Å²) in [5, 5.41) is 11.6. The molecule has 1 atom stereocenters. The number of aromatic nitrogens is 3. The van der Waals surface area contributed by atoms with Crippen LogP contribution in [0.3, 0.4) is 0 Å². The van der Waals surface area contributed by atoms with Crippen molar-refractivity contribution in [2.75, 3.05) is 12.4 Å². The first kappa shape index (κ1) is 22.8. The van der Waals surface area contributed by atoms with Crippen molar-refractivity contribution >= 4 is 35.0 Å². The standard InChI is InChI=1S/C24H20ClFN4O2S/c1-15(23(31)27-21-12-11-17(26)14-20(21)25)33-24-29-28-22(16-7-6-10-19(13-16)32-2)30(24)18-8-4-3-5-9-18/h3-15H,1-2H3,(H,27,31). The van der Waals surface area contributed by atoms with Crippen molar-refractivity contribution in [3.05, 3.63) is 83.6 Å². The van der Waals surface area contributed by atoms with Crippen molar-refractivity contribution in [1.29, 1.82) is 0 Å². The summed E-state index contributed by atoms with van der Waals surface area (Å²) in [5.41, 5.74) is 2.03. The van der Waals surface area contributed by atoms with Gasteiger partial charge in [-0.15, -0.1) is 10.2 Å². The minimum absolute atomic E-state index is 0.133. The van der Waals surface area contributed by atoms with Gasteiger partial charge in [-0.1, -0.05) is 53.7 Å². The molecule has 1 N–H and O–H groups in total. The summed E-state index contributed by atoms with van der Waals surface area (Å²) < 4.78 is 20.5. The number of methoxy groups -OCH3 is 1. The maximum absolute atomic E-state index is 13.3. The number of para-hydroxylation sites is 1. The number of benzene rings is 3. The average Bonchev–Trinajstić information content (AvgIpc) is 3.24. The van der Waals surface area contributed by atoms with Crippen LogP contribution >= 0.6 is 23.4 Å². The smallest absolute Gasteiger partial charge is 0.237 e. The van der Waals surface area contributed by atoms with E-state index in [4.69, 9.17) is 16.3 Å². The van der Waals surface area contributed by atoms with E-state index in [9.17, 15) is 9.18 Å². The van der Waals surface area contributed by atoms with E-state index in [0.29, 0.717) is 22.4 Å². The summed E-state index contributed by atoms with van der Waals surface area (Å²) in [7, 11) is 1.61. The Morgan fingerprint density at radius 2 is 1.88 bits per heavy atom. The molecule has 1 aromatic heterocycles. The van der Waals surface area contributed by atoms with Gasteiger partial charge >= 0.3 is 0 Å². The van der Waals surface area contributed by atoms with Gasteiger partial charge in [-0.3, -0.25) is 9.36 Å². The van der Waals surface area contributed by atoms with Crippen LogP contribution in [-0.4, -0.2) is 33.0 Å². The number of amides is 1. The van der Waals surface area contributed by atoms with Crippen LogP contribution in [0.5, 0.6) is 5.75 Å². The highest BCUT2D eigenvalue weighted by molar-refractivity contribution is 8.00. The molecule has 0 bridgehead atoms. The molecule has 0 radical (unpaired) electrons. The largest absolute Gasteiger partial charge is 0.497 e. The summed E-state index contributed by atoms with van der Waals surface area (Å²) in [6, 6.07) is 21.0. The lowest BCUT2D eigenvalue weighted by molar-refractivity contribution is -0.115. The van der Waals surface area contributed by atoms with Gasteiger partial charge in [0.2, 0.25) is 5.91 Å². The number of hydrogen-bond donors (Lipinski definition) is 1. The van der Waals surface area contributed by atoms with Crippen molar-refractivity contribution in [3.8, 4) is 22.8 Å². The zero-order valence-corrected chi connectivity index (χ0v) is 19.4. The van der Waals surface area contributed by atoms with Gasteiger partial charge < -0.3 is 10.1 Å². The fourth-order valence-corrected chi connectivity index (χ4v) is 4.22. The lowest BCUT2D eigenvalue weighted by atomic mass is 10.2. The van der Waals surface area contributed by atoms with Crippen LogP contribution in [0.1, 0.15) is 6.92 Å². The van der Waals surface area contributed by atoms with Crippen LogP contribution in [0.25, 0.3) is 17.1 Å². The first-order valence-electron chi connectivity index (χ1n) is 10.0. The number of carbonyl (C=O) groups excluding carboxylic acids is 1. The normalized spacial score (nSPS) is 11.8. The second-order valence-corrected chi connectivity index (χ2v) is 8.80. The molecule has 33 heavy (non-hydrogen) atoms. The second-order valence-electron chi connectivity index (χ2n) is 7.08. The van der Waals surface area contributed by atoms with Crippen molar-refractivity contribution in [2.24, 2.45) is 0 Å². The number of anilines is 1. The van der Waals surface area contributed by atoms with Gasteiger partial charge in [0, 0.05) is 11.3 Å². The van der Waals surface area contributed by atoms with Gasteiger partial charge in [-0.2, -0.15) is 0 Å². The minimum Gasteiger partial charge on any atom is -0.497 e. The molecule has 9 heteroatoms. The lowest BCUT2D eigenvalue weighted by Crippen LogP contribution is -2.23. The Morgan fingerprint density at radius 1 is 1.09 bits per heavy atom. The van der Waals surface area contributed by atoms with E-state index in [1.165, 1.54) is 23.9 Å². The van der Waals surface area contributed by atoms with Gasteiger partial charge in [0.05, 0.1) is 23.1 Å². The first-order chi connectivity index (χ1) is 16.0. The number of nitrogens with one attached hydrogen (secondary N) is 1. The highest BCUT2D eigenvalue weighted by atomic mass is 35.5. The zero-order valence-electron chi connectivity index (χ0n) is 17.8. The van der Waals surface area contributed by atoms with Crippen molar-refractivity contribution in [1.82, 2.24) is 14.8 Å². The fraction of sp³-hybridized carbons (Fsp3) is 0.125. The van der Waals surface area contributed by atoms with Crippen LogP contribution < -0.4 is 10.1 Å². The SMILES string of the molecule is COc1cccc(-c2nnc(SC(C)C(=O)Nc3ccc(F)cc3Cl)n2-c2ccccc2)c1. The topological polar surface area (TPSA) is 69.0 Å². The van der Waals surface area contributed by atoms with Crippen molar-refractivity contribution < 1.29 is 13.9 Å². The Labute approximate surface area is 199 Å². The van der Waals surface area contributed by atoms with Crippen LogP contribution in [0.15, 0.2) is 78.0 Å². The molecule has 0 aliphatic carbocycles. The van der Waals surface area contributed by atoms with E-state index >= 15 is 0 Å². The monoisotopic (exact) mass is 482 g/mol. The molecule has 6 nitrogen and oxygen atoms in total. The number of rotatable bonds is 7. The van der Waals surface area contributed by atoms with Gasteiger partial charge in [0.25, 0.3) is 0 Å². The third-order valence-corrected chi connectivity index (χ3v) is 6.17. The quantitative estimate of drug-likeness (QED) is 0.334. The molecule has 0 saturated carbocycles. The third kappa shape index (κ3) is 5.18. The van der Waals surface area contributed by atoms with E-state index in [0.717, 1.165) is 17.3 Å². The molecule has 0 fully saturated rings. The van der Waals surface area contributed by atoms with E-state index in [1.807, 2.05) is 59.2 Å². The van der Waals surface area contributed by atoms with Gasteiger partial charge in [0.15, 0.2) is 11.0 Å². The molecule has 168 valence electrons. The molecule has 0 saturated heterocycles.